The van der Waals surface area contributed by atoms with Crippen LogP contribution in [0.15, 0.2) is 34.9 Å². The van der Waals surface area contributed by atoms with Gasteiger partial charge in [-0.15, -0.1) is 0 Å². The Balaban J connectivity index is 2.13. The highest BCUT2D eigenvalue weighted by atomic mass is 16.6. The number of aliphatic hydroxyl groups excluding tert-OH is 1. The van der Waals surface area contributed by atoms with Crippen molar-refractivity contribution in [2.45, 2.75) is 77.9 Å². The van der Waals surface area contributed by atoms with Gasteiger partial charge in [0.15, 0.2) is 0 Å². The first kappa shape index (κ1) is 17.5. The summed E-state index contributed by atoms with van der Waals surface area (Å²) < 4.78 is 5.97. The molecule has 0 aromatic heterocycles. The molecule has 2 nitrogen and oxygen atoms in total. The van der Waals surface area contributed by atoms with Crippen LogP contribution >= 0.6 is 0 Å². The van der Waals surface area contributed by atoms with Crippen LogP contribution in [0.25, 0.3) is 0 Å². The van der Waals surface area contributed by atoms with E-state index in [4.69, 9.17) is 4.74 Å². The second kappa shape index (κ2) is 7.61. The maximum Gasteiger partial charge on any atom is 0.0923 e. The summed E-state index contributed by atoms with van der Waals surface area (Å²) in [7, 11) is 0. The second-order valence-electron chi connectivity index (χ2n) is 7.43. The number of rotatable bonds is 2. The van der Waals surface area contributed by atoms with Crippen molar-refractivity contribution < 1.29 is 9.84 Å². The fourth-order valence-corrected chi connectivity index (χ4v) is 3.23. The largest absolute Gasteiger partial charge is 0.392 e. The van der Waals surface area contributed by atoms with Crippen molar-refractivity contribution in [3.05, 3.63) is 34.9 Å². The zero-order chi connectivity index (χ0) is 16.2. The first-order chi connectivity index (χ1) is 10.4. The predicted molar refractivity (Wildman–Crippen MR) is 92.8 cm³/mol. The summed E-state index contributed by atoms with van der Waals surface area (Å²) in [4.78, 5) is 0. The Morgan fingerprint density at radius 1 is 1.27 bits per heavy atom. The van der Waals surface area contributed by atoms with Gasteiger partial charge in [-0.25, -0.2) is 0 Å². The van der Waals surface area contributed by atoms with E-state index in [0.717, 1.165) is 38.5 Å². The Hall–Kier alpha value is -0.860. The van der Waals surface area contributed by atoms with Gasteiger partial charge in [0.25, 0.3) is 0 Å². The molecule has 0 spiro atoms. The van der Waals surface area contributed by atoms with E-state index in [0.29, 0.717) is 12.0 Å². The van der Waals surface area contributed by atoms with E-state index in [1.54, 1.807) is 0 Å². The molecule has 0 amide bonds. The number of fused-ring (bicyclic) bond motifs is 1. The minimum Gasteiger partial charge on any atom is -0.392 e. The fraction of sp³-hybridized carbons (Fsp3) is 0.700. The van der Waals surface area contributed by atoms with E-state index in [2.05, 4.69) is 45.9 Å². The molecule has 1 aliphatic carbocycles. The monoisotopic (exact) mass is 304 g/mol. The first-order valence-corrected chi connectivity index (χ1v) is 8.77. The molecule has 1 fully saturated rings. The van der Waals surface area contributed by atoms with Crippen molar-refractivity contribution >= 4 is 0 Å². The van der Waals surface area contributed by atoms with Crippen molar-refractivity contribution in [2.75, 3.05) is 6.61 Å². The van der Waals surface area contributed by atoms with Crippen LogP contribution < -0.4 is 0 Å². The number of hydrogen-bond donors (Lipinski definition) is 1. The van der Waals surface area contributed by atoms with E-state index >= 15 is 0 Å². The standard InChI is InChI=1S/C20H32O2/c1-15(2)18-10-8-16(3)6-5-7-17(14-21)9-11-19-20(4,22-19)13-12-18/h7-8,10,15,19,21H,5-6,9,11-14H2,1-4H3/b16-8-,17-7+,18-10+/t19-,20-/m0/s1. The molecule has 124 valence electrons. The summed E-state index contributed by atoms with van der Waals surface area (Å²) in [5.74, 6) is 0.596. The number of aliphatic hydroxyl groups is 1. The Bertz CT molecular complexity index is 470. The zero-order valence-corrected chi connectivity index (χ0v) is 14.7. The molecule has 0 aromatic rings. The van der Waals surface area contributed by atoms with Crippen LogP contribution in [0, 0.1) is 5.92 Å². The van der Waals surface area contributed by atoms with Crippen LogP contribution in [0.5, 0.6) is 0 Å². The third-order valence-corrected chi connectivity index (χ3v) is 5.17. The SMILES string of the molecule is C/C1=C/C=C(/C(C)C)CC[C@]2(C)O[C@H]2CC/C(CO)=C\CC1. The van der Waals surface area contributed by atoms with Crippen molar-refractivity contribution in [1.82, 2.24) is 0 Å². The Kier molecular flexibility index (Phi) is 6.05. The molecular formula is C20H32O2. The third kappa shape index (κ3) is 4.82. The van der Waals surface area contributed by atoms with Crippen LogP contribution in [-0.2, 0) is 4.74 Å². The van der Waals surface area contributed by atoms with Crippen molar-refractivity contribution in [3.8, 4) is 0 Å². The molecule has 0 radical (unpaired) electrons. The van der Waals surface area contributed by atoms with Gasteiger partial charge in [0.2, 0.25) is 0 Å². The third-order valence-electron chi connectivity index (χ3n) is 5.17. The van der Waals surface area contributed by atoms with Crippen molar-refractivity contribution in [3.63, 3.8) is 0 Å². The van der Waals surface area contributed by atoms with Gasteiger partial charge in [-0.3, -0.25) is 0 Å². The van der Waals surface area contributed by atoms with Gasteiger partial charge in [0.05, 0.1) is 18.3 Å². The average molecular weight is 304 g/mol. The molecule has 1 heterocycles. The zero-order valence-electron chi connectivity index (χ0n) is 14.7. The summed E-state index contributed by atoms with van der Waals surface area (Å²) in [6.07, 6.45) is 13.5. The second-order valence-corrected chi connectivity index (χ2v) is 7.43. The molecule has 1 aliphatic heterocycles. The molecule has 2 heteroatoms. The average Bonchev–Trinajstić information content (AvgIpc) is 3.12. The molecule has 2 atom stereocenters. The molecule has 0 bridgehead atoms. The minimum atomic E-state index is 0.0530. The Morgan fingerprint density at radius 2 is 2.05 bits per heavy atom. The lowest BCUT2D eigenvalue weighted by Gasteiger charge is -2.14. The maximum atomic E-state index is 9.49. The Labute approximate surface area is 136 Å². The van der Waals surface area contributed by atoms with Crippen LogP contribution in [0.4, 0.5) is 0 Å². The van der Waals surface area contributed by atoms with Gasteiger partial charge >= 0.3 is 0 Å². The van der Waals surface area contributed by atoms with E-state index in [1.165, 1.54) is 16.7 Å². The minimum absolute atomic E-state index is 0.0530. The smallest absolute Gasteiger partial charge is 0.0923 e. The van der Waals surface area contributed by atoms with Gasteiger partial charge < -0.3 is 9.84 Å². The van der Waals surface area contributed by atoms with Gasteiger partial charge in [-0.05, 0) is 63.9 Å². The molecule has 2 aliphatic rings. The van der Waals surface area contributed by atoms with Gasteiger partial charge in [0, 0.05) is 0 Å². The maximum absolute atomic E-state index is 9.49. The molecule has 0 saturated carbocycles. The predicted octanol–water partition coefficient (Wildman–Crippen LogP) is 4.95. The Morgan fingerprint density at radius 3 is 2.73 bits per heavy atom. The van der Waals surface area contributed by atoms with Crippen LogP contribution in [0.2, 0.25) is 0 Å². The lowest BCUT2D eigenvalue weighted by Crippen LogP contribution is -2.12. The summed E-state index contributed by atoms with van der Waals surface area (Å²) >= 11 is 0. The molecule has 2 rings (SSSR count). The number of epoxide rings is 1. The van der Waals surface area contributed by atoms with Gasteiger partial charge in [-0.2, -0.15) is 0 Å². The highest BCUT2D eigenvalue weighted by molar-refractivity contribution is 5.20. The molecule has 0 aromatic carbocycles. The number of ether oxygens (including phenoxy) is 1. The highest BCUT2D eigenvalue weighted by Crippen LogP contribution is 2.44. The lowest BCUT2D eigenvalue weighted by molar-refractivity contribution is 0.291. The highest BCUT2D eigenvalue weighted by Gasteiger charge is 2.50. The topological polar surface area (TPSA) is 32.8 Å². The summed E-state index contributed by atoms with van der Waals surface area (Å²) in [5, 5.41) is 9.49. The normalized spacial score (nSPS) is 37.9. The number of hydrogen-bond acceptors (Lipinski definition) is 2. The van der Waals surface area contributed by atoms with Gasteiger partial charge in [0.1, 0.15) is 0 Å². The van der Waals surface area contributed by atoms with Crippen LogP contribution in [-0.4, -0.2) is 23.4 Å². The molecule has 22 heavy (non-hydrogen) atoms. The molecule has 1 saturated heterocycles. The molecular weight excluding hydrogens is 272 g/mol. The van der Waals surface area contributed by atoms with Gasteiger partial charge in [-0.1, -0.05) is 43.2 Å². The summed E-state index contributed by atoms with van der Waals surface area (Å²) in [6.45, 7) is 9.19. The summed E-state index contributed by atoms with van der Waals surface area (Å²) in [6, 6.07) is 0. The van der Waals surface area contributed by atoms with Crippen LogP contribution in [0.3, 0.4) is 0 Å². The van der Waals surface area contributed by atoms with E-state index in [1.807, 2.05) is 0 Å². The molecule has 1 N–H and O–H groups in total. The van der Waals surface area contributed by atoms with Crippen LogP contribution in [0.1, 0.15) is 66.2 Å². The van der Waals surface area contributed by atoms with E-state index in [9.17, 15) is 5.11 Å². The molecule has 0 unspecified atom stereocenters. The van der Waals surface area contributed by atoms with Crippen molar-refractivity contribution in [2.24, 2.45) is 5.92 Å². The lowest BCUT2D eigenvalue weighted by atomic mass is 9.90. The number of allylic oxidation sites excluding steroid dienone is 5. The first-order valence-electron chi connectivity index (χ1n) is 8.77. The van der Waals surface area contributed by atoms with E-state index in [-0.39, 0.29) is 12.2 Å². The van der Waals surface area contributed by atoms with Crippen molar-refractivity contribution in [1.29, 1.82) is 0 Å². The van der Waals surface area contributed by atoms with E-state index < -0.39 is 0 Å². The summed E-state index contributed by atoms with van der Waals surface area (Å²) in [5.41, 5.74) is 4.16. The fourth-order valence-electron chi connectivity index (χ4n) is 3.23. The quantitative estimate of drug-likeness (QED) is 0.578.